The molecule has 84 valence electrons. The number of benzene rings is 1. The van der Waals surface area contributed by atoms with Crippen molar-refractivity contribution in [3.05, 3.63) is 34.1 Å². The first-order valence-electron chi connectivity index (χ1n) is 5.18. The van der Waals surface area contributed by atoms with Crippen LogP contribution in [0.25, 0.3) is 0 Å². The van der Waals surface area contributed by atoms with Crippen molar-refractivity contribution in [1.82, 2.24) is 0 Å². The van der Waals surface area contributed by atoms with Crippen LogP contribution < -0.4 is 5.73 Å². The SMILES string of the molecule is CC(C)CC(N)Cc1ccc(F)cc1Br. The summed E-state index contributed by atoms with van der Waals surface area (Å²) >= 11 is 3.35. The summed E-state index contributed by atoms with van der Waals surface area (Å²) in [5, 5.41) is 0. The molecule has 2 N–H and O–H groups in total. The molecule has 0 bridgehead atoms. The van der Waals surface area contributed by atoms with Gasteiger partial charge in [-0.15, -0.1) is 0 Å². The maximum absolute atomic E-state index is 12.8. The Morgan fingerprint density at radius 1 is 1.40 bits per heavy atom. The highest BCUT2D eigenvalue weighted by molar-refractivity contribution is 9.10. The molecule has 0 spiro atoms. The van der Waals surface area contributed by atoms with Crippen molar-refractivity contribution in [3.8, 4) is 0 Å². The molecule has 0 aliphatic rings. The molecule has 15 heavy (non-hydrogen) atoms. The molecule has 0 radical (unpaired) electrons. The van der Waals surface area contributed by atoms with Crippen LogP contribution >= 0.6 is 15.9 Å². The molecule has 3 heteroatoms. The molecule has 1 aromatic carbocycles. The average Bonchev–Trinajstić information content (AvgIpc) is 2.08. The topological polar surface area (TPSA) is 26.0 Å². The lowest BCUT2D eigenvalue weighted by Gasteiger charge is -2.14. The summed E-state index contributed by atoms with van der Waals surface area (Å²) in [5.41, 5.74) is 7.07. The highest BCUT2D eigenvalue weighted by Crippen LogP contribution is 2.20. The second kappa shape index (κ2) is 5.61. The van der Waals surface area contributed by atoms with E-state index in [2.05, 4.69) is 29.8 Å². The van der Waals surface area contributed by atoms with E-state index in [1.54, 1.807) is 6.07 Å². The Morgan fingerprint density at radius 3 is 2.60 bits per heavy atom. The summed E-state index contributed by atoms with van der Waals surface area (Å²) in [5.74, 6) is 0.377. The molecule has 1 unspecified atom stereocenters. The zero-order valence-electron chi connectivity index (χ0n) is 9.13. The molecule has 0 aromatic heterocycles. The minimum atomic E-state index is -0.219. The van der Waals surface area contributed by atoms with Crippen molar-refractivity contribution in [2.45, 2.75) is 32.7 Å². The Hall–Kier alpha value is -0.410. The van der Waals surface area contributed by atoms with E-state index in [-0.39, 0.29) is 11.9 Å². The second-order valence-electron chi connectivity index (χ2n) is 4.33. The minimum absolute atomic E-state index is 0.145. The highest BCUT2D eigenvalue weighted by atomic mass is 79.9. The first kappa shape index (κ1) is 12.7. The summed E-state index contributed by atoms with van der Waals surface area (Å²) < 4.78 is 13.6. The Kier molecular flexibility index (Phi) is 4.74. The van der Waals surface area contributed by atoms with Crippen molar-refractivity contribution in [3.63, 3.8) is 0 Å². The standard InChI is InChI=1S/C12H17BrFN/c1-8(2)5-11(15)6-9-3-4-10(14)7-12(9)13/h3-4,7-8,11H,5-6,15H2,1-2H3. The van der Waals surface area contributed by atoms with Gasteiger partial charge < -0.3 is 5.73 Å². The van der Waals surface area contributed by atoms with Crippen molar-refractivity contribution < 1.29 is 4.39 Å². The molecular weight excluding hydrogens is 257 g/mol. The number of hydrogen-bond acceptors (Lipinski definition) is 1. The Bertz CT molecular complexity index is 325. The Morgan fingerprint density at radius 2 is 2.07 bits per heavy atom. The molecule has 0 fully saturated rings. The summed E-state index contributed by atoms with van der Waals surface area (Å²) in [4.78, 5) is 0. The van der Waals surface area contributed by atoms with Gasteiger partial charge in [0.25, 0.3) is 0 Å². The molecule has 0 saturated heterocycles. The molecule has 0 saturated carbocycles. The largest absolute Gasteiger partial charge is 0.327 e. The van der Waals surface area contributed by atoms with E-state index in [1.807, 2.05) is 0 Å². The molecule has 0 heterocycles. The third-order valence-electron chi connectivity index (χ3n) is 2.27. The molecule has 1 aromatic rings. The summed E-state index contributed by atoms with van der Waals surface area (Å²) in [6, 6.07) is 4.89. The fraction of sp³-hybridized carbons (Fsp3) is 0.500. The van der Waals surface area contributed by atoms with Crippen LogP contribution in [0.15, 0.2) is 22.7 Å². The van der Waals surface area contributed by atoms with E-state index < -0.39 is 0 Å². The van der Waals surface area contributed by atoms with Crippen molar-refractivity contribution >= 4 is 15.9 Å². The van der Waals surface area contributed by atoms with Gasteiger partial charge in [0.05, 0.1) is 0 Å². The summed E-state index contributed by atoms with van der Waals surface area (Å²) in [6.07, 6.45) is 1.78. The van der Waals surface area contributed by atoms with Crippen LogP contribution in [0.4, 0.5) is 4.39 Å². The zero-order chi connectivity index (χ0) is 11.4. The van der Waals surface area contributed by atoms with Gasteiger partial charge in [0.15, 0.2) is 0 Å². The minimum Gasteiger partial charge on any atom is -0.327 e. The van der Waals surface area contributed by atoms with E-state index in [9.17, 15) is 4.39 Å². The molecule has 0 aliphatic heterocycles. The van der Waals surface area contributed by atoms with Gasteiger partial charge in [-0.25, -0.2) is 4.39 Å². The van der Waals surface area contributed by atoms with Gasteiger partial charge in [-0.3, -0.25) is 0 Å². The van der Waals surface area contributed by atoms with Crippen molar-refractivity contribution in [2.75, 3.05) is 0 Å². The normalized spacial score (nSPS) is 13.2. The Balaban J connectivity index is 2.64. The molecular formula is C12H17BrFN. The second-order valence-corrected chi connectivity index (χ2v) is 5.18. The lowest BCUT2D eigenvalue weighted by molar-refractivity contribution is 0.492. The first-order chi connectivity index (χ1) is 6.99. The number of halogens is 2. The van der Waals surface area contributed by atoms with Crippen LogP contribution in [0, 0.1) is 11.7 Å². The predicted octanol–water partition coefficient (Wildman–Crippen LogP) is 3.50. The lowest BCUT2D eigenvalue weighted by atomic mass is 9.98. The average molecular weight is 274 g/mol. The fourth-order valence-electron chi connectivity index (χ4n) is 1.66. The van der Waals surface area contributed by atoms with Crippen LogP contribution in [0.2, 0.25) is 0 Å². The van der Waals surface area contributed by atoms with E-state index in [1.165, 1.54) is 12.1 Å². The first-order valence-corrected chi connectivity index (χ1v) is 5.98. The van der Waals surface area contributed by atoms with Gasteiger partial charge in [-0.1, -0.05) is 35.8 Å². The number of hydrogen-bond donors (Lipinski definition) is 1. The highest BCUT2D eigenvalue weighted by Gasteiger charge is 2.09. The maximum Gasteiger partial charge on any atom is 0.124 e. The van der Waals surface area contributed by atoms with E-state index in [0.717, 1.165) is 22.9 Å². The summed E-state index contributed by atoms with van der Waals surface area (Å²) in [6.45, 7) is 4.30. The van der Waals surface area contributed by atoms with Gasteiger partial charge in [0.1, 0.15) is 5.82 Å². The van der Waals surface area contributed by atoms with Crippen LogP contribution in [0.3, 0.4) is 0 Å². The van der Waals surface area contributed by atoms with Gasteiger partial charge in [0.2, 0.25) is 0 Å². The number of rotatable bonds is 4. The zero-order valence-corrected chi connectivity index (χ0v) is 10.7. The Labute approximate surface area is 99.0 Å². The molecule has 1 nitrogen and oxygen atoms in total. The quantitative estimate of drug-likeness (QED) is 0.893. The van der Waals surface area contributed by atoms with Gasteiger partial charge in [-0.05, 0) is 36.5 Å². The predicted molar refractivity (Wildman–Crippen MR) is 65.2 cm³/mol. The third kappa shape index (κ3) is 4.31. The lowest BCUT2D eigenvalue weighted by Crippen LogP contribution is -2.24. The van der Waals surface area contributed by atoms with Crippen LogP contribution in [-0.2, 0) is 6.42 Å². The molecule has 1 rings (SSSR count). The van der Waals surface area contributed by atoms with E-state index >= 15 is 0 Å². The fourth-order valence-corrected chi connectivity index (χ4v) is 2.17. The molecule has 0 amide bonds. The molecule has 0 aliphatic carbocycles. The summed E-state index contributed by atoms with van der Waals surface area (Å²) in [7, 11) is 0. The van der Waals surface area contributed by atoms with Gasteiger partial charge >= 0.3 is 0 Å². The van der Waals surface area contributed by atoms with Crippen LogP contribution in [-0.4, -0.2) is 6.04 Å². The smallest absolute Gasteiger partial charge is 0.124 e. The van der Waals surface area contributed by atoms with Crippen molar-refractivity contribution in [1.29, 1.82) is 0 Å². The third-order valence-corrected chi connectivity index (χ3v) is 3.01. The van der Waals surface area contributed by atoms with Gasteiger partial charge in [-0.2, -0.15) is 0 Å². The maximum atomic E-state index is 12.8. The van der Waals surface area contributed by atoms with Crippen LogP contribution in [0.1, 0.15) is 25.8 Å². The van der Waals surface area contributed by atoms with E-state index in [4.69, 9.17) is 5.73 Å². The van der Waals surface area contributed by atoms with Gasteiger partial charge in [0, 0.05) is 10.5 Å². The van der Waals surface area contributed by atoms with Crippen molar-refractivity contribution in [2.24, 2.45) is 11.7 Å². The monoisotopic (exact) mass is 273 g/mol. The van der Waals surface area contributed by atoms with E-state index in [0.29, 0.717) is 5.92 Å². The number of nitrogens with two attached hydrogens (primary N) is 1. The van der Waals surface area contributed by atoms with Crippen LogP contribution in [0.5, 0.6) is 0 Å². The molecule has 1 atom stereocenters.